The van der Waals surface area contributed by atoms with Crippen LogP contribution in [0.25, 0.3) is 105 Å². The first kappa shape index (κ1) is 45.9. The van der Waals surface area contributed by atoms with Gasteiger partial charge in [-0.1, -0.05) is 259 Å². The lowest BCUT2D eigenvalue weighted by Gasteiger charge is -2.42. The SMILES string of the molecule is [2H]c1c([2H])c([2H])c(-c2ccc3c(c2)B2c4ccc5c(oc6cc(-n7c8ccc(C(C)(C)C)cc8c8cc(C(C)(C)C)ccc87)ccc65)c4Sc4cc(-c5ccccc5-c5ccccc5)cc(c42)N3c2c(-c3ccccc3)cccc2-c2ccccc2)c([2H])c1[2H]. The van der Waals surface area contributed by atoms with Gasteiger partial charge in [-0.25, -0.2) is 0 Å². The number of nitrogens with zero attached hydrogens (tertiary/aromatic N) is 2. The number of furan rings is 1. The first-order valence-electron chi connectivity index (χ1n) is 31.8. The molecule has 14 aromatic rings. The van der Waals surface area contributed by atoms with Gasteiger partial charge in [-0.3, -0.25) is 0 Å². The molecule has 0 atom stereocenters. The minimum absolute atomic E-state index is 0.0314. The lowest BCUT2D eigenvalue weighted by Crippen LogP contribution is -2.60. The third-order valence-corrected chi connectivity index (χ3v) is 18.8. The van der Waals surface area contributed by atoms with Crippen LogP contribution in [-0.4, -0.2) is 11.3 Å². The smallest absolute Gasteiger partial charge is 0.249 e. The van der Waals surface area contributed by atoms with Crippen LogP contribution in [0, 0.1) is 0 Å². The van der Waals surface area contributed by atoms with Gasteiger partial charge in [0.15, 0.2) is 0 Å². The summed E-state index contributed by atoms with van der Waals surface area (Å²) in [6.45, 7) is 13.3. The Morgan fingerprint density at radius 3 is 1.60 bits per heavy atom. The molecule has 0 N–H and O–H groups in total. The highest BCUT2D eigenvalue weighted by Crippen LogP contribution is 2.52. The summed E-state index contributed by atoms with van der Waals surface area (Å²) in [7, 11) is 0. The van der Waals surface area contributed by atoms with Gasteiger partial charge in [0.2, 0.25) is 6.71 Å². The van der Waals surface area contributed by atoms with E-state index in [4.69, 9.17) is 8.53 Å². The van der Waals surface area contributed by atoms with Crippen molar-refractivity contribution >= 4 is 95.7 Å². The Balaban J connectivity index is 0.979. The summed E-state index contributed by atoms with van der Waals surface area (Å²) in [4.78, 5) is 4.52. The van der Waals surface area contributed by atoms with Gasteiger partial charge in [0, 0.05) is 60.7 Å². The number of fused-ring (bicyclic) bond motifs is 11. The predicted molar refractivity (Wildman–Crippen MR) is 363 cm³/mol. The molecule has 406 valence electrons. The number of hydrogen-bond donors (Lipinski definition) is 0. The van der Waals surface area contributed by atoms with E-state index in [-0.39, 0.29) is 40.6 Å². The fraction of sp³-hybridized carbons (Fsp3) is 0.100. The largest absolute Gasteiger partial charge is 0.455 e. The lowest BCUT2D eigenvalue weighted by atomic mass is 9.34. The van der Waals surface area contributed by atoms with Crippen LogP contribution < -0.4 is 21.3 Å². The van der Waals surface area contributed by atoms with Crippen molar-refractivity contribution < 1.29 is 11.3 Å². The summed E-state index contributed by atoms with van der Waals surface area (Å²) < 4.78 is 54.8. The maximum Gasteiger partial charge on any atom is 0.249 e. The van der Waals surface area contributed by atoms with Crippen molar-refractivity contribution in [2.75, 3.05) is 4.90 Å². The van der Waals surface area contributed by atoms with E-state index >= 15 is 0 Å². The average molecular weight is 1110 g/mol. The summed E-state index contributed by atoms with van der Waals surface area (Å²) in [5.74, 6) is 0. The van der Waals surface area contributed by atoms with Crippen molar-refractivity contribution in [1.29, 1.82) is 0 Å². The molecular formula is C80H61BN2OS. The zero-order valence-corrected chi connectivity index (χ0v) is 49.0. The molecule has 2 aliphatic rings. The van der Waals surface area contributed by atoms with Crippen molar-refractivity contribution in [1.82, 2.24) is 4.57 Å². The molecule has 0 saturated heterocycles. The molecule has 0 saturated carbocycles. The second-order valence-corrected chi connectivity index (χ2v) is 25.9. The van der Waals surface area contributed by atoms with Gasteiger partial charge in [-0.05, 0) is 132 Å². The van der Waals surface area contributed by atoms with Gasteiger partial charge in [0.05, 0.1) is 28.5 Å². The Hall–Kier alpha value is -9.55. The fourth-order valence-corrected chi connectivity index (χ4v) is 14.7. The molecule has 0 radical (unpaired) electrons. The summed E-state index contributed by atoms with van der Waals surface area (Å²) in [5, 5.41) is 4.48. The second-order valence-electron chi connectivity index (χ2n) is 24.8. The molecular weight excluding hydrogens is 1050 g/mol. The van der Waals surface area contributed by atoms with Gasteiger partial charge in [-0.2, -0.15) is 0 Å². The Morgan fingerprint density at radius 1 is 0.424 bits per heavy atom. The van der Waals surface area contributed by atoms with E-state index in [0.717, 1.165) is 126 Å². The van der Waals surface area contributed by atoms with Crippen molar-refractivity contribution in [3.8, 4) is 61.3 Å². The van der Waals surface area contributed by atoms with Crippen molar-refractivity contribution in [2.24, 2.45) is 0 Å². The highest BCUT2D eigenvalue weighted by Gasteiger charge is 2.44. The normalized spacial score (nSPS) is 13.8. The maximum atomic E-state index is 9.34. The van der Waals surface area contributed by atoms with Crippen molar-refractivity contribution in [3.05, 3.63) is 272 Å². The monoisotopic (exact) mass is 1110 g/mol. The number of rotatable bonds is 7. The summed E-state index contributed by atoms with van der Waals surface area (Å²) in [6.07, 6.45) is 0. The van der Waals surface area contributed by atoms with E-state index in [1.165, 1.54) is 21.9 Å². The minimum Gasteiger partial charge on any atom is -0.455 e. The Kier molecular flexibility index (Phi) is 10.5. The molecule has 5 heteroatoms. The van der Waals surface area contributed by atoms with Crippen LogP contribution in [0.2, 0.25) is 0 Å². The second kappa shape index (κ2) is 19.5. The van der Waals surface area contributed by atoms with Gasteiger partial charge in [-0.15, -0.1) is 0 Å². The molecule has 2 aliphatic heterocycles. The molecule has 2 aromatic heterocycles. The molecule has 0 amide bonds. The van der Waals surface area contributed by atoms with Crippen LogP contribution in [0.1, 0.15) is 59.5 Å². The molecule has 4 heterocycles. The average Bonchev–Trinajstić information content (AvgIpc) is 0.850. The Morgan fingerprint density at radius 2 is 0.988 bits per heavy atom. The summed E-state index contributed by atoms with van der Waals surface area (Å²) in [5.41, 5.74) is 22.7. The van der Waals surface area contributed by atoms with Gasteiger partial charge < -0.3 is 13.9 Å². The molecule has 3 nitrogen and oxygen atoms in total. The summed E-state index contributed by atoms with van der Waals surface area (Å²) in [6, 6.07) is 81.3. The van der Waals surface area contributed by atoms with Crippen molar-refractivity contribution in [3.63, 3.8) is 0 Å². The van der Waals surface area contributed by atoms with Gasteiger partial charge in [0.25, 0.3) is 0 Å². The van der Waals surface area contributed by atoms with Crippen LogP contribution in [0.5, 0.6) is 0 Å². The molecule has 0 bridgehead atoms. The van der Waals surface area contributed by atoms with E-state index in [1.54, 1.807) is 11.8 Å². The Bertz CT molecular complexity index is 5160. The molecule has 85 heavy (non-hydrogen) atoms. The van der Waals surface area contributed by atoms with Crippen LogP contribution in [-0.2, 0) is 10.8 Å². The van der Waals surface area contributed by atoms with Crippen LogP contribution >= 0.6 is 11.8 Å². The van der Waals surface area contributed by atoms with E-state index in [1.807, 2.05) is 6.07 Å². The predicted octanol–water partition coefficient (Wildman–Crippen LogP) is 20.4. The minimum atomic E-state index is -0.424. The van der Waals surface area contributed by atoms with E-state index < -0.39 is 12.8 Å². The highest BCUT2D eigenvalue weighted by atomic mass is 32.2. The number of aromatic nitrogens is 1. The molecule has 0 spiro atoms. The van der Waals surface area contributed by atoms with Crippen LogP contribution in [0.15, 0.2) is 275 Å². The van der Waals surface area contributed by atoms with E-state index in [2.05, 4.69) is 275 Å². The van der Waals surface area contributed by atoms with E-state index in [9.17, 15) is 2.74 Å². The Labute approximate surface area is 509 Å². The van der Waals surface area contributed by atoms with E-state index in [0.29, 0.717) is 5.56 Å². The van der Waals surface area contributed by atoms with Crippen molar-refractivity contribution in [2.45, 2.75) is 62.2 Å². The quantitative estimate of drug-likeness (QED) is 0.148. The zero-order chi connectivity index (χ0) is 61.6. The first-order valence-corrected chi connectivity index (χ1v) is 30.2. The maximum absolute atomic E-state index is 9.34. The van der Waals surface area contributed by atoms with Gasteiger partial charge >= 0.3 is 0 Å². The van der Waals surface area contributed by atoms with Gasteiger partial charge in [0.1, 0.15) is 11.2 Å². The summed E-state index contributed by atoms with van der Waals surface area (Å²) >= 11 is 1.75. The lowest BCUT2D eigenvalue weighted by molar-refractivity contribution is 0.590. The molecule has 0 unspecified atom stereocenters. The van der Waals surface area contributed by atoms with Crippen LogP contribution in [0.3, 0.4) is 0 Å². The topological polar surface area (TPSA) is 21.3 Å². The third-order valence-electron chi connectivity index (χ3n) is 17.7. The number of para-hydroxylation sites is 1. The fourth-order valence-electron chi connectivity index (χ4n) is 13.4. The number of benzene rings is 12. The van der Waals surface area contributed by atoms with Crippen LogP contribution in [0.4, 0.5) is 17.1 Å². The molecule has 0 fully saturated rings. The molecule has 0 aliphatic carbocycles. The number of anilines is 3. The standard InChI is InChI=1S/C80H61BN2OS/c1-79(2,3)56-35-42-69-65(47-56)66-48-57(80(4,5)6)36-43-70(66)82(69)58-37-38-63-64-39-40-67-78(77(64)84-73(63)49-58)85-74-46-55(60-31-20-19-30-59(60)51-24-13-8-14-25-51)45-72-75(74)81(67)68-44-54(50-22-11-7-12-23-50)34-41-71(68)83(72)76-61(52-26-15-9-16-27-52)32-21-33-62(76)53-28-17-10-18-29-53/h7-49H,1-6H3/i7D,11D,12D,22D,23D. The first-order chi connectivity index (χ1) is 43.5. The zero-order valence-electron chi connectivity index (χ0n) is 53.2. The molecule has 16 rings (SSSR count). The molecule has 12 aromatic carbocycles. The third kappa shape index (κ3) is 8.34. The number of hydrogen-bond acceptors (Lipinski definition) is 3. The highest BCUT2D eigenvalue weighted by molar-refractivity contribution is 8.00.